The predicted octanol–water partition coefficient (Wildman–Crippen LogP) is 3.72. The van der Waals surface area contributed by atoms with Crippen LogP contribution in [0.25, 0.3) is 11.1 Å². The first-order chi connectivity index (χ1) is 8.11. The summed E-state index contributed by atoms with van der Waals surface area (Å²) in [5, 5.41) is 18.2. The lowest BCUT2D eigenvalue weighted by atomic mass is 10.0. The molecule has 17 heavy (non-hydrogen) atoms. The minimum Gasteiger partial charge on any atom is -0.506 e. The number of benzene rings is 2. The van der Waals surface area contributed by atoms with Crippen molar-refractivity contribution in [3.8, 4) is 22.9 Å². The largest absolute Gasteiger partial charge is 0.506 e. The number of aromatic hydroxyl groups is 1. The van der Waals surface area contributed by atoms with Crippen molar-refractivity contribution >= 4 is 11.6 Å². The third kappa shape index (κ3) is 2.22. The van der Waals surface area contributed by atoms with Gasteiger partial charge in [-0.3, -0.25) is 0 Å². The molecule has 0 aliphatic heterocycles. The summed E-state index contributed by atoms with van der Waals surface area (Å²) >= 11 is 5.75. The van der Waals surface area contributed by atoms with Crippen molar-refractivity contribution in [2.45, 2.75) is 0 Å². The molecule has 0 aliphatic rings. The summed E-state index contributed by atoms with van der Waals surface area (Å²) in [7, 11) is 0. The van der Waals surface area contributed by atoms with Crippen LogP contribution < -0.4 is 0 Å². The number of hydrogen-bond acceptors (Lipinski definition) is 2. The molecule has 0 amide bonds. The van der Waals surface area contributed by atoms with Crippen molar-refractivity contribution in [3.05, 3.63) is 52.8 Å². The highest BCUT2D eigenvalue weighted by Crippen LogP contribution is 2.31. The second-order valence-electron chi connectivity index (χ2n) is 3.47. The Morgan fingerprint density at radius 3 is 2.59 bits per heavy atom. The quantitative estimate of drug-likeness (QED) is 0.835. The van der Waals surface area contributed by atoms with Crippen molar-refractivity contribution in [3.63, 3.8) is 0 Å². The van der Waals surface area contributed by atoms with Gasteiger partial charge in [-0.25, -0.2) is 4.39 Å². The van der Waals surface area contributed by atoms with Crippen LogP contribution in [0.4, 0.5) is 4.39 Å². The maximum Gasteiger partial charge on any atom is 0.134 e. The smallest absolute Gasteiger partial charge is 0.134 e. The van der Waals surface area contributed by atoms with E-state index in [1.54, 1.807) is 6.07 Å². The molecule has 0 saturated heterocycles. The monoisotopic (exact) mass is 247 g/mol. The molecule has 0 fully saturated rings. The van der Waals surface area contributed by atoms with E-state index in [9.17, 15) is 9.50 Å². The van der Waals surface area contributed by atoms with E-state index in [2.05, 4.69) is 0 Å². The van der Waals surface area contributed by atoms with Crippen LogP contribution in [0.1, 0.15) is 5.56 Å². The molecule has 0 spiro atoms. The summed E-state index contributed by atoms with van der Waals surface area (Å²) in [6.45, 7) is 0. The third-order valence-electron chi connectivity index (χ3n) is 2.35. The highest BCUT2D eigenvalue weighted by atomic mass is 35.5. The van der Waals surface area contributed by atoms with Crippen molar-refractivity contribution in [2.75, 3.05) is 0 Å². The van der Waals surface area contributed by atoms with E-state index in [4.69, 9.17) is 16.9 Å². The Kier molecular flexibility index (Phi) is 2.99. The van der Waals surface area contributed by atoms with E-state index >= 15 is 0 Å². The van der Waals surface area contributed by atoms with Gasteiger partial charge in [0.05, 0.1) is 16.7 Å². The number of nitrogens with zero attached hydrogens (tertiary/aromatic N) is 1. The van der Waals surface area contributed by atoms with Crippen LogP contribution in [0, 0.1) is 17.1 Å². The van der Waals surface area contributed by atoms with Gasteiger partial charge in [-0.2, -0.15) is 5.26 Å². The molecule has 2 aromatic rings. The molecule has 0 aromatic heterocycles. The molecule has 0 atom stereocenters. The zero-order valence-electron chi connectivity index (χ0n) is 8.61. The number of rotatable bonds is 1. The van der Waals surface area contributed by atoms with Gasteiger partial charge in [-0.05, 0) is 35.9 Å². The maximum absolute atomic E-state index is 13.6. The Labute approximate surface area is 103 Å². The summed E-state index contributed by atoms with van der Waals surface area (Å²) in [6.07, 6.45) is 0. The number of nitriles is 1. The minimum atomic E-state index is -0.439. The van der Waals surface area contributed by atoms with Gasteiger partial charge >= 0.3 is 0 Å². The van der Waals surface area contributed by atoms with Crippen LogP contribution in [0.3, 0.4) is 0 Å². The summed E-state index contributed by atoms with van der Waals surface area (Å²) in [6, 6.07) is 10.4. The summed E-state index contributed by atoms with van der Waals surface area (Å²) < 4.78 is 13.6. The molecule has 0 heterocycles. The van der Waals surface area contributed by atoms with E-state index in [1.807, 2.05) is 6.07 Å². The van der Waals surface area contributed by atoms with Gasteiger partial charge in [0, 0.05) is 5.56 Å². The van der Waals surface area contributed by atoms with Crippen LogP contribution in [0.2, 0.25) is 5.02 Å². The van der Waals surface area contributed by atoms with Crippen LogP contribution >= 0.6 is 11.6 Å². The molecule has 0 bridgehead atoms. The van der Waals surface area contributed by atoms with Gasteiger partial charge in [-0.15, -0.1) is 0 Å². The highest BCUT2D eigenvalue weighted by molar-refractivity contribution is 6.32. The van der Waals surface area contributed by atoms with Crippen molar-refractivity contribution < 1.29 is 9.50 Å². The Morgan fingerprint density at radius 1 is 1.18 bits per heavy atom. The fourth-order valence-electron chi connectivity index (χ4n) is 1.49. The number of phenols is 1. The van der Waals surface area contributed by atoms with Gasteiger partial charge in [0.2, 0.25) is 0 Å². The van der Waals surface area contributed by atoms with Gasteiger partial charge in [0.25, 0.3) is 0 Å². The first-order valence-electron chi connectivity index (χ1n) is 4.80. The van der Waals surface area contributed by atoms with E-state index in [0.29, 0.717) is 11.1 Å². The predicted molar refractivity (Wildman–Crippen MR) is 63.2 cm³/mol. The van der Waals surface area contributed by atoms with Crippen LogP contribution in [0.15, 0.2) is 36.4 Å². The topological polar surface area (TPSA) is 44.0 Å². The number of phenolic OH excluding ortho intramolecular Hbond substituents is 1. The molecule has 0 aliphatic carbocycles. The fraction of sp³-hybridized carbons (Fsp3) is 0. The average Bonchev–Trinajstić information content (AvgIpc) is 2.33. The Bertz CT molecular complexity index is 619. The van der Waals surface area contributed by atoms with Crippen molar-refractivity contribution in [1.29, 1.82) is 5.26 Å². The lowest BCUT2D eigenvalue weighted by Crippen LogP contribution is -1.86. The Balaban J connectivity index is 2.60. The third-order valence-corrected chi connectivity index (χ3v) is 2.66. The molecule has 4 heteroatoms. The molecular weight excluding hydrogens is 241 g/mol. The first-order valence-corrected chi connectivity index (χ1v) is 5.18. The molecular formula is C13H7ClFNO. The first kappa shape index (κ1) is 11.4. The highest BCUT2D eigenvalue weighted by Gasteiger charge is 2.08. The van der Waals surface area contributed by atoms with Gasteiger partial charge in [0.1, 0.15) is 11.6 Å². The molecule has 0 unspecified atom stereocenters. The lowest BCUT2D eigenvalue weighted by Gasteiger charge is -2.05. The summed E-state index contributed by atoms with van der Waals surface area (Å²) in [4.78, 5) is 0. The lowest BCUT2D eigenvalue weighted by molar-refractivity contribution is 0.475. The second-order valence-corrected chi connectivity index (χ2v) is 3.88. The summed E-state index contributed by atoms with van der Waals surface area (Å²) in [5.74, 6) is -0.502. The van der Waals surface area contributed by atoms with Gasteiger partial charge < -0.3 is 5.11 Å². The van der Waals surface area contributed by atoms with E-state index in [0.717, 1.165) is 0 Å². The standard InChI is InChI=1S/C13H7ClFNO/c14-11-6-9(2-4-13(11)17)10-5-8(7-16)1-3-12(10)15/h1-6,17H. The molecule has 0 saturated carbocycles. The van der Waals surface area contributed by atoms with Crippen molar-refractivity contribution in [1.82, 2.24) is 0 Å². The van der Waals surface area contributed by atoms with E-state index in [1.165, 1.54) is 30.3 Å². The fourth-order valence-corrected chi connectivity index (χ4v) is 1.67. The summed E-state index contributed by atoms with van der Waals surface area (Å²) in [5.41, 5.74) is 1.17. The zero-order chi connectivity index (χ0) is 12.4. The number of hydrogen-bond donors (Lipinski definition) is 1. The molecule has 2 aromatic carbocycles. The van der Waals surface area contributed by atoms with Crippen LogP contribution in [-0.4, -0.2) is 5.11 Å². The Morgan fingerprint density at radius 2 is 1.94 bits per heavy atom. The van der Waals surface area contributed by atoms with Crippen LogP contribution in [0.5, 0.6) is 5.75 Å². The zero-order valence-corrected chi connectivity index (χ0v) is 9.37. The van der Waals surface area contributed by atoms with Crippen LogP contribution in [-0.2, 0) is 0 Å². The molecule has 2 nitrogen and oxygen atoms in total. The van der Waals surface area contributed by atoms with E-state index < -0.39 is 5.82 Å². The number of halogens is 2. The van der Waals surface area contributed by atoms with Crippen molar-refractivity contribution in [2.24, 2.45) is 0 Å². The second kappa shape index (κ2) is 4.44. The average molecular weight is 248 g/mol. The minimum absolute atomic E-state index is 0.0627. The van der Waals surface area contributed by atoms with Gasteiger partial charge in [0.15, 0.2) is 0 Å². The maximum atomic E-state index is 13.6. The normalized spacial score (nSPS) is 9.94. The molecule has 0 radical (unpaired) electrons. The molecule has 1 N–H and O–H groups in total. The molecule has 2 rings (SSSR count). The Hall–Kier alpha value is -2.05. The van der Waals surface area contributed by atoms with Gasteiger partial charge in [-0.1, -0.05) is 17.7 Å². The SMILES string of the molecule is N#Cc1ccc(F)c(-c2ccc(O)c(Cl)c2)c1. The molecule has 84 valence electrons. The van der Waals surface area contributed by atoms with E-state index in [-0.39, 0.29) is 16.3 Å².